The van der Waals surface area contributed by atoms with Crippen LogP contribution < -0.4 is 11.1 Å². The summed E-state index contributed by atoms with van der Waals surface area (Å²) in [5.41, 5.74) is 8.76. The van der Waals surface area contributed by atoms with Crippen molar-refractivity contribution in [3.05, 3.63) is 17.0 Å². The summed E-state index contributed by atoms with van der Waals surface area (Å²) in [6.45, 7) is 6.55. The molecule has 7 heteroatoms. The number of rotatable bonds is 5. The maximum Gasteiger partial charge on any atom is 0.249 e. The lowest BCUT2D eigenvalue weighted by Crippen LogP contribution is -2.38. The molecule has 22 heavy (non-hydrogen) atoms. The van der Waals surface area contributed by atoms with E-state index in [1.54, 1.807) is 0 Å². The van der Waals surface area contributed by atoms with Crippen LogP contribution in [0.5, 0.6) is 0 Å². The first-order valence-electron chi connectivity index (χ1n) is 7.63. The third-order valence-corrected chi connectivity index (χ3v) is 4.30. The Hall–Kier alpha value is -1.11. The molecule has 0 bridgehead atoms. The molecule has 0 aromatic carbocycles. The Morgan fingerprint density at radius 1 is 1.50 bits per heavy atom. The maximum absolute atomic E-state index is 12.4. The van der Waals surface area contributed by atoms with Crippen molar-refractivity contribution < 1.29 is 9.53 Å². The Morgan fingerprint density at radius 3 is 2.64 bits per heavy atom. The summed E-state index contributed by atoms with van der Waals surface area (Å²) in [6, 6.07) is -0.0215. The molecule has 1 aromatic rings. The Labute approximate surface area is 138 Å². The number of aromatic nitrogens is 2. The van der Waals surface area contributed by atoms with Crippen molar-refractivity contribution >= 4 is 18.3 Å². The van der Waals surface area contributed by atoms with Crippen LogP contribution in [0, 0.1) is 13.8 Å². The van der Waals surface area contributed by atoms with Crippen LogP contribution in [0.2, 0.25) is 0 Å². The predicted molar refractivity (Wildman–Crippen MR) is 88.1 cm³/mol. The number of halogens is 1. The molecular weight excluding hydrogens is 304 g/mol. The van der Waals surface area contributed by atoms with Crippen molar-refractivity contribution in [3.63, 3.8) is 0 Å². The molecule has 1 saturated heterocycles. The van der Waals surface area contributed by atoms with Gasteiger partial charge >= 0.3 is 0 Å². The third-order valence-electron chi connectivity index (χ3n) is 4.30. The monoisotopic (exact) mass is 330 g/mol. The number of carbonyl (C=O) groups is 1. The highest BCUT2D eigenvalue weighted by Gasteiger charge is 2.31. The zero-order valence-electron chi connectivity index (χ0n) is 13.8. The number of hydrogen-bond acceptors (Lipinski definition) is 4. The van der Waals surface area contributed by atoms with Crippen molar-refractivity contribution in [3.8, 4) is 0 Å². The van der Waals surface area contributed by atoms with Crippen molar-refractivity contribution in [2.75, 3.05) is 6.54 Å². The van der Waals surface area contributed by atoms with E-state index in [4.69, 9.17) is 10.5 Å². The summed E-state index contributed by atoms with van der Waals surface area (Å²) >= 11 is 0. The van der Waals surface area contributed by atoms with Gasteiger partial charge in [-0.2, -0.15) is 5.10 Å². The van der Waals surface area contributed by atoms with Gasteiger partial charge in [0.1, 0.15) is 6.10 Å². The molecule has 3 atom stereocenters. The predicted octanol–water partition coefficient (Wildman–Crippen LogP) is 1.53. The summed E-state index contributed by atoms with van der Waals surface area (Å²) in [4.78, 5) is 12.4. The second kappa shape index (κ2) is 7.94. The minimum absolute atomic E-state index is 0. The number of amides is 1. The van der Waals surface area contributed by atoms with Crippen molar-refractivity contribution in [2.45, 2.75) is 58.3 Å². The lowest BCUT2D eigenvalue weighted by molar-refractivity contribution is -0.132. The molecule has 1 aliphatic rings. The number of carbonyl (C=O) groups excluding carboxylic acids is 1. The third kappa shape index (κ3) is 3.80. The summed E-state index contributed by atoms with van der Waals surface area (Å²) in [5, 5.41) is 7.53. The summed E-state index contributed by atoms with van der Waals surface area (Å²) in [5.74, 6) is -0.0412. The molecule has 1 unspecified atom stereocenters. The fourth-order valence-corrected chi connectivity index (χ4v) is 3.01. The molecule has 0 spiro atoms. The smallest absolute Gasteiger partial charge is 0.249 e. The fraction of sp³-hybridized carbons (Fsp3) is 0.733. The Bertz CT molecular complexity index is 518. The SMILES string of the molecule is CCC(NC(=O)[C@@H]1CC[C@H](CN)O1)c1c(C)nn(C)c1C.Cl. The Morgan fingerprint density at radius 2 is 2.18 bits per heavy atom. The van der Waals surface area contributed by atoms with E-state index in [1.165, 1.54) is 0 Å². The van der Waals surface area contributed by atoms with E-state index in [0.717, 1.165) is 36.2 Å². The summed E-state index contributed by atoms with van der Waals surface area (Å²) in [6.07, 6.45) is 2.07. The molecule has 0 radical (unpaired) electrons. The van der Waals surface area contributed by atoms with E-state index in [-0.39, 0.29) is 36.6 Å². The van der Waals surface area contributed by atoms with Crippen molar-refractivity contribution in [2.24, 2.45) is 12.8 Å². The van der Waals surface area contributed by atoms with E-state index in [9.17, 15) is 4.79 Å². The van der Waals surface area contributed by atoms with E-state index >= 15 is 0 Å². The minimum atomic E-state index is -0.370. The van der Waals surface area contributed by atoms with Gasteiger partial charge < -0.3 is 15.8 Å². The van der Waals surface area contributed by atoms with Crippen LogP contribution in [0.1, 0.15) is 49.2 Å². The van der Waals surface area contributed by atoms with Crippen LogP contribution in [0.25, 0.3) is 0 Å². The molecule has 1 fully saturated rings. The van der Waals surface area contributed by atoms with Crippen LogP contribution in [0.15, 0.2) is 0 Å². The molecule has 2 heterocycles. The largest absolute Gasteiger partial charge is 0.364 e. The number of nitrogens with zero attached hydrogens (tertiary/aromatic N) is 2. The second-order valence-electron chi connectivity index (χ2n) is 5.74. The van der Waals surface area contributed by atoms with Gasteiger partial charge in [-0.25, -0.2) is 0 Å². The molecule has 1 aromatic heterocycles. The van der Waals surface area contributed by atoms with E-state index in [0.29, 0.717) is 6.54 Å². The van der Waals surface area contributed by atoms with E-state index in [2.05, 4.69) is 17.3 Å². The minimum Gasteiger partial charge on any atom is -0.364 e. The highest BCUT2D eigenvalue weighted by molar-refractivity contribution is 5.85. The number of hydrogen-bond donors (Lipinski definition) is 2. The molecule has 2 rings (SSSR count). The molecule has 0 aliphatic carbocycles. The van der Waals surface area contributed by atoms with Gasteiger partial charge in [-0.3, -0.25) is 9.48 Å². The highest BCUT2D eigenvalue weighted by Crippen LogP contribution is 2.25. The standard InChI is InChI=1S/C15H26N4O2.ClH/c1-5-12(14-9(2)18-19(4)10(14)3)17-15(20)13-7-6-11(8-16)21-13;/h11-13H,5-8,16H2,1-4H3,(H,17,20);1H/t11-,12?,13+;/m1./s1. The van der Waals surface area contributed by atoms with Crippen LogP contribution in [-0.2, 0) is 16.6 Å². The van der Waals surface area contributed by atoms with Crippen molar-refractivity contribution in [1.29, 1.82) is 0 Å². The summed E-state index contributed by atoms with van der Waals surface area (Å²) < 4.78 is 7.52. The Balaban J connectivity index is 0.00000242. The zero-order chi connectivity index (χ0) is 15.6. The topological polar surface area (TPSA) is 82.2 Å². The molecular formula is C15H27ClN4O2. The quantitative estimate of drug-likeness (QED) is 0.857. The first kappa shape index (κ1) is 18.9. The first-order chi connectivity index (χ1) is 9.97. The molecule has 1 aliphatic heterocycles. The van der Waals surface area contributed by atoms with Crippen molar-refractivity contribution in [1.82, 2.24) is 15.1 Å². The molecule has 0 saturated carbocycles. The number of nitrogens with one attached hydrogen (secondary N) is 1. The number of nitrogens with two attached hydrogens (primary N) is 1. The number of ether oxygens (including phenoxy) is 1. The Kier molecular flexibility index (Phi) is 6.84. The molecule has 126 valence electrons. The van der Waals surface area contributed by atoms with Crippen LogP contribution in [0.4, 0.5) is 0 Å². The lowest BCUT2D eigenvalue weighted by atomic mass is 10.0. The molecule has 3 N–H and O–H groups in total. The molecule has 6 nitrogen and oxygen atoms in total. The first-order valence-corrected chi connectivity index (χ1v) is 7.63. The van der Waals surface area contributed by atoms with E-state index in [1.807, 2.05) is 25.6 Å². The van der Waals surface area contributed by atoms with Gasteiger partial charge in [0.05, 0.1) is 17.8 Å². The van der Waals surface area contributed by atoms with E-state index < -0.39 is 0 Å². The van der Waals surface area contributed by atoms with Gasteiger partial charge in [-0.1, -0.05) is 6.92 Å². The highest BCUT2D eigenvalue weighted by atomic mass is 35.5. The average Bonchev–Trinajstić information content (AvgIpc) is 3.03. The average molecular weight is 331 g/mol. The zero-order valence-corrected chi connectivity index (χ0v) is 14.6. The van der Waals surface area contributed by atoms with Gasteiger partial charge in [-0.15, -0.1) is 12.4 Å². The molecule has 1 amide bonds. The van der Waals surface area contributed by atoms with Crippen LogP contribution in [0.3, 0.4) is 0 Å². The normalized spacial score (nSPS) is 22.2. The van der Waals surface area contributed by atoms with Gasteiger partial charge in [-0.05, 0) is 33.1 Å². The van der Waals surface area contributed by atoms with Crippen LogP contribution in [-0.4, -0.2) is 34.4 Å². The lowest BCUT2D eigenvalue weighted by Gasteiger charge is -2.20. The second-order valence-corrected chi connectivity index (χ2v) is 5.74. The van der Waals surface area contributed by atoms with Gasteiger partial charge in [0.15, 0.2) is 0 Å². The van der Waals surface area contributed by atoms with Crippen LogP contribution >= 0.6 is 12.4 Å². The van der Waals surface area contributed by atoms with Gasteiger partial charge in [0.2, 0.25) is 5.91 Å². The fourth-order valence-electron chi connectivity index (χ4n) is 3.01. The maximum atomic E-state index is 12.4. The summed E-state index contributed by atoms with van der Waals surface area (Å²) in [7, 11) is 1.92. The number of aryl methyl sites for hydroxylation is 2. The van der Waals surface area contributed by atoms with Gasteiger partial charge in [0, 0.05) is 24.8 Å². The van der Waals surface area contributed by atoms with Gasteiger partial charge in [0.25, 0.3) is 0 Å².